The Kier molecular flexibility index (Phi) is 4.36. The van der Waals surface area contributed by atoms with Crippen molar-refractivity contribution in [2.24, 2.45) is 0 Å². The molecule has 6 rings (SSSR count). The third-order valence-corrected chi connectivity index (χ3v) is 5.54. The number of aromatic nitrogens is 5. The van der Waals surface area contributed by atoms with Gasteiger partial charge in [-0.15, -0.1) is 0 Å². The molecule has 0 bridgehead atoms. The van der Waals surface area contributed by atoms with E-state index in [1.54, 1.807) is 0 Å². The molecule has 6 aromatic rings. The summed E-state index contributed by atoms with van der Waals surface area (Å²) in [5.74, 6) is 0.615. The molecule has 0 saturated carbocycles. The number of rotatable bonds is 3. The van der Waals surface area contributed by atoms with Gasteiger partial charge in [-0.3, -0.25) is 9.97 Å². The van der Waals surface area contributed by atoms with E-state index < -0.39 is 0 Å². The van der Waals surface area contributed by atoms with Crippen molar-refractivity contribution in [2.45, 2.75) is 0 Å². The van der Waals surface area contributed by atoms with Crippen LogP contribution in [0.3, 0.4) is 0 Å². The summed E-state index contributed by atoms with van der Waals surface area (Å²) in [5.41, 5.74) is 4.64. The molecule has 5 heteroatoms. The molecule has 3 aromatic carbocycles. The zero-order valence-corrected chi connectivity index (χ0v) is 17.1. The predicted molar refractivity (Wildman–Crippen MR) is 127 cm³/mol. The Morgan fingerprint density at radius 1 is 0.438 bits per heavy atom. The standard InChI is InChI=1S/C27H17N5/c1-3-7-20-14-29-25(12-18(20)5-1)22-9-23(11-24(10-22)27-31-16-28-17-32-27)26-13-19-6-2-4-8-21(19)15-30-26/h1-17H. The molecule has 0 atom stereocenters. The number of hydrogen-bond donors (Lipinski definition) is 0. The van der Waals surface area contributed by atoms with Gasteiger partial charge >= 0.3 is 0 Å². The van der Waals surface area contributed by atoms with Gasteiger partial charge in [-0.05, 0) is 41.1 Å². The summed E-state index contributed by atoms with van der Waals surface area (Å²) in [6, 6.07) is 26.9. The van der Waals surface area contributed by atoms with Crippen molar-refractivity contribution in [1.29, 1.82) is 0 Å². The number of fused-ring (bicyclic) bond motifs is 2. The smallest absolute Gasteiger partial charge is 0.162 e. The Morgan fingerprint density at radius 2 is 0.906 bits per heavy atom. The molecule has 0 saturated heterocycles. The van der Waals surface area contributed by atoms with Crippen LogP contribution in [0, 0.1) is 0 Å². The van der Waals surface area contributed by atoms with E-state index in [2.05, 4.69) is 69.5 Å². The van der Waals surface area contributed by atoms with Crippen molar-refractivity contribution in [3.8, 4) is 33.9 Å². The Hall–Kier alpha value is -4.51. The maximum absolute atomic E-state index is 4.72. The van der Waals surface area contributed by atoms with Gasteiger partial charge in [-0.2, -0.15) is 0 Å². The topological polar surface area (TPSA) is 64.5 Å². The number of pyridine rings is 2. The predicted octanol–water partition coefficient (Wildman–Crippen LogP) is 5.97. The molecule has 0 spiro atoms. The highest BCUT2D eigenvalue weighted by molar-refractivity contribution is 5.88. The van der Waals surface area contributed by atoms with E-state index in [9.17, 15) is 0 Å². The van der Waals surface area contributed by atoms with Crippen LogP contribution in [-0.4, -0.2) is 24.9 Å². The first-order chi connectivity index (χ1) is 15.8. The van der Waals surface area contributed by atoms with Gasteiger partial charge < -0.3 is 0 Å². The highest BCUT2D eigenvalue weighted by Crippen LogP contribution is 2.32. The molecule has 0 aliphatic heterocycles. The fraction of sp³-hybridized carbons (Fsp3) is 0. The third kappa shape index (κ3) is 3.36. The highest BCUT2D eigenvalue weighted by atomic mass is 15.0. The molecule has 3 heterocycles. The summed E-state index contributed by atoms with van der Waals surface area (Å²) < 4.78 is 0. The molecule has 0 amide bonds. The Bertz CT molecular complexity index is 1480. The minimum atomic E-state index is 0.615. The van der Waals surface area contributed by atoms with Gasteiger partial charge in [0.25, 0.3) is 0 Å². The lowest BCUT2D eigenvalue weighted by Gasteiger charge is -2.10. The maximum Gasteiger partial charge on any atom is 0.162 e. The molecule has 3 aromatic heterocycles. The van der Waals surface area contributed by atoms with E-state index in [4.69, 9.17) is 9.97 Å². The molecule has 0 fully saturated rings. The summed E-state index contributed by atoms with van der Waals surface area (Å²) in [6.07, 6.45) is 6.84. The molecule has 0 radical (unpaired) electrons. The summed E-state index contributed by atoms with van der Waals surface area (Å²) in [4.78, 5) is 22.1. The van der Waals surface area contributed by atoms with Crippen LogP contribution >= 0.6 is 0 Å². The molecule has 32 heavy (non-hydrogen) atoms. The van der Waals surface area contributed by atoms with Crippen LogP contribution in [0.5, 0.6) is 0 Å². The first kappa shape index (κ1) is 18.3. The highest BCUT2D eigenvalue weighted by Gasteiger charge is 2.11. The van der Waals surface area contributed by atoms with Crippen LogP contribution in [-0.2, 0) is 0 Å². The van der Waals surface area contributed by atoms with Gasteiger partial charge in [0.2, 0.25) is 0 Å². The van der Waals surface area contributed by atoms with E-state index in [0.29, 0.717) is 5.82 Å². The van der Waals surface area contributed by atoms with Gasteiger partial charge in [0.05, 0.1) is 11.4 Å². The Balaban J connectivity index is 1.56. The second-order valence-corrected chi connectivity index (χ2v) is 7.59. The average Bonchev–Trinajstić information content (AvgIpc) is 2.88. The van der Waals surface area contributed by atoms with Crippen LogP contribution in [0.25, 0.3) is 55.4 Å². The fourth-order valence-corrected chi connectivity index (χ4v) is 3.92. The summed E-state index contributed by atoms with van der Waals surface area (Å²) in [5, 5.41) is 4.52. The number of hydrogen-bond acceptors (Lipinski definition) is 5. The van der Waals surface area contributed by atoms with Crippen molar-refractivity contribution in [3.05, 3.63) is 104 Å². The normalized spacial score (nSPS) is 11.1. The van der Waals surface area contributed by atoms with Gasteiger partial charge in [0.1, 0.15) is 12.7 Å². The van der Waals surface area contributed by atoms with E-state index in [-0.39, 0.29) is 0 Å². The fourth-order valence-electron chi connectivity index (χ4n) is 3.92. The lowest BCUT2D eigenvalue weighted by molar-refractivity contribution is 1.06. The second kappa shape index (κ2) is 7.63. The van der Waals surface area contributed by atoms with Crippen LogP contribution in [0.1, 0.15) is 0 Å². The largest absolute Gasteiger partial charge is 0.256 e. The second-order valence-electron chi connectivity index (χ2n) is 7.59. The van der Waals surface area contributed by atoms with E-state index >= 15 is 0 Å². The monoisotopic (exact) mass is 411 g/mol. The minimum Gasteiger partial charge on any atom is -0.256 e. The molecule has 0 unspecified atom stereocenters. The van der Waals surface area contributed by atoms with E-state index in [1.165, 1.54) is 12.7 Å². The zero-order valence-electron chi connectivity index (χ0n) is 17.1. The van der Waals surface area contributed by atoms with Crippen molar-refractivity contribution >= 4 is 21.5 Å². The molecular weight excluding hydrogens is 394 g/mol. The summed E-state index contributed by atoms with van der Waals surface area (Å²) >= 11 is 0. The number of nitrogens with zero attached hydrogens (tertiary/aromatic N) is 5. The van der Waals surface area contributed by atoms with Crippen LogP contribution in [0.2, 0.25) is 0 Å². The lowest BCUT2D eigenvalue weighted by atomic mass is 9.98. The SMILES string of the molecule is c1ccc2cc(-c3cc(-c4cc5ccccc5cn4)cc(-c4ncncn4)c3)ncc2c1. The molecule has 0 aliphatic rings. The molecule has 5 nitrogen and oxygen atoms in total. The molecular formula is C27H17N5. The van der Waals surface area contributed by atoms with Gasteiger partial charge in [0.15, 0.2) is 5.82 Å². The maximum atomic E-state index is 4.72. The van der Waals surface area contributed by atoms with Gasteiger partial charge in [-0.1, -0.05) is 48.5 Å². The van der Waals surface area contributed by atoms with Gasteiger partial charge in [-0.25, -0.2) is 15.0 Å². The van der Waals surface area contributed by atoms with Crippen molar-refractivity contribution in [3.63, 3.8) is 0 Å². The van der Waals surface area contributed by atoms with E-state index in [0.717, 1.165) is 49.6 Å². The molecule has 0 aliphatic carbocycles. The van der Waals surface area contributed by atoms with Crippen molar-refractivity contribution in [2.75, 3.05) is 0 Å². The summed E-state index contributed by atoms with van der Waals surface area (Å²) in [7, 11) is 0. The van der Waals surface area contributed by atoms with Crippen molar-refractivity contribution < 1.29 is 0 Å². The van der Waals surface area contributed by atoms with Crippen LogP contribution in [0.4, 0.5) is 0 Å². The number of benzene rings is 3. The van der Waals surface area contributed by atoms with Crippen LogP contribution < -0.4 is 0 Å². The first-order valence-corrected chi connectivity index (χ1v) is 10.3. The zero-order chi connectivity index (χ0) is 21.3. The van der Waals surface area contributed by atoms with Crippen LogP contribution in [0.15, 0.2) is 104 Å². The first-order valence-electron chi connectivity index (χ1n) is 10.3. The Morgan fingerprint density at radius 3 is 1.44 bits per heavy atom. The minimum absolute atomic E-state index is 0.615. The summed E-state index contributed by atoms with van der Waals surface area (Å²) in [6.45, 7) is 0. The Labute approximate surface area is 184 Å². The lowest BCUT2D eigenvalue weighted by Crippen LogP contribution is -1.93. The van der Waals surface area contributed by atoms with Crippen molar-refractivity contribution in [1.82, 2.24) is 24.9 Å². The average molecular weight is 411 g/mol. The molecule has 150 valence electrons. The third-order valence-electron chi connectivity index (χ3n) is 5.54. The quantitative estimate of drug-likeness (QED) is 0.359. The van der Waals surface area contributed by atoms with E-state index in [1.807, 2.05) is 36.7 Å². The van der Waals surface area contributed by atoms with Gasteiger partial charge in [0, 0.05) is 39.9 Å². The molecule has 0 N–H and O–H groups in total.